The fourth-order valence-corrected chi connectivity index (χ4v) is 1.15. The van der Waals surface area contributed by atoms with Crippen LogP contribution in [0.1, 0.15) is 26.0 Å². The van der Waals surface area contributed by atoms with Crippen molar-refractivity contribution in [2.24, 2.45) is 0 Å². The Morgan fingerprint density at radius 3 is 2.41 bits per heavy atom. The molecule has 0 aliphatic carbocycles. The fourth-order valence-electron chi connectivity index (χ4n) is 1.15. The topological polar surface area (TPSA) is 73.3 Å². The maximum absolute atomic E-state index is 11.1. The molecule has 1 N–H and O–H groups in total. The van der Waals surface area contributed by atoms with Crippen LogP contribution >= 0.6 is 0 Å². The molecule has 1 amide bonds. The van der Waals surface area contributed by atoms with E-state index in [0.29, 0.717) is 17.9 Å². The summed E-state index contributed by atoms with van der Waals surface area (Å²) < 4.78 is 10.4. The molecule has 0 saturated carbocycles. The molecule has 0 saturated heterocycles. The molecule has 94 valence electrons. The lowest BCUT2D eigenvalue weighted by atomic mass is 10.2. The van der Waals surface area contributed by atoms with Crippen molar-refractivity contribution < 1.29 is 14.3 Å². The third-order valence-corrected chi connectivity index (χ3v) is 2.48. The second kappa shape index (κ2) is 5.70. The van der Waals surface area contributed by atoms with Gasteiger partial charge in [0.05, 0.1) is 12.4 Å². The normalized spacial score (nSPS) is 11.3. The van der Waals surface area contributed by atoms with E-state index in [4.69, 9.17) is 9.47 Å². The number of nitrogens with zero attached hydrogens (tertiary/aromatic N) is 2. The van der Waals surface area contributed by atoms with Gasteiger partial charge in [0.25, 0.3) is 0 Å². The van der Waals surface area contributed by atoms with Crippen molar-refractivity contribution in [3.05, 3.63) is 18.1 Å². The first-order valence-corrected chi connectivity index (χ1v) is 5.28. The lowest BCUT2D eigenvalue weighted by molar-refractivity contribution is -0.204. The molecule has 0 bridgehead atoms. The molecule has 17 heavy (non-hydrogen) atoms. The highest BCUT2D eigenvalue weighted by molar-refractivity contribution is 5.89. The summed E-state index contributed by atoms with van der Waals surface area (Å²) in [5.41, 5.74) is 0.539. The average molecular weight is 239 g/mol. The van der Waals surface area contributed by atoms with E-state index in [0.717, 1.165) is 0 Å². The van der Waals surface area contributed by atoms with Crippen LogP contribution in [0.5, 0.6) is 0 Å². The Bertz CT molecular complexity index is 374. The third-order valence-electron chi connectivity index (χ3n) is 2.48. The molecule has 0 fully saturated rings. The number of rotatable bonds is 5. The smallest absolute Gasteiger partial charge is 0.225 e. The highest BCUT2D eigenvalue weighted by Gasteiger charge is 2.27. The Balaban J connectivity index is 2.84. The predicted octanol–water partition coefficient (Wildman–Crippen LogP) is 1.29. The number of aromatic nitrogens is 2. The van der Waals surface area contributed by atoms with Crippen LogP contribution in [-0.2, 0) is 20.1 Å². The van der Waals surface area contributed by atoms with Gasteiger partial charge in [-0.1, -0.05) is 6.92 Å². The van der Waals surface area contributed by atoms with Crippen molar-refractivity contribution >= 4 is 11.7 Å². The molecule has 0 radical (unpaired) electrons. The van der Waals surface area contributed by atoms with Crippen molar-refractivity contribution in [3.63, 3.8) is 0 Å². The van der Waals surface area contributed by atoms with Gasteiger partial charge < -0.3 is 14.8 Å². The number of amides is 1. The van der Waals surface area contributed by atoms with Crippen LogP contribution in [0.15, 0.2) is 12.4 Å². The second-order valence-electron chi connectivity index (χ2n) is 3.54. The van der Waals surface area contributed by atoms with E-state index in [-0.39, 0.29) is 5.91 Å². The number of anilines is 1. The molecule has 0 atom stereocenters. The standard InChI is InChI=1S/C11H17N3O3/c1-5-10(15)14-9-7-12-8(6-13-9)11(2,16-3)17-4/h6-7H,5H2,1-4H3,(H,13,14,15). The molecule has 0 spiro atoms. The predicted molar refractivity (Wildman–Crippen MR) is 62.3 cm³/mol. The third kappa shape index (κ3) is 3.21. The number of carbonyl (C=O) groups is 1. The van der Waals surface area contributed by atoms with Crippen LogP contribution in [0.4, 0.5) is 5.82 Å². The van der Waals surface area contributed by atoms with Crippen molar-refractivity contribution in [2.75, 3.05) is 19.5 Å². The maximum atomic E-state index is 11.1. The molecular formula is C11H17N3O3. The minimum atomic E-state index is -0.930. The molecular weight excluding hydrogens is 222 g/mol. The number of hydrogen-bond donors (Lipinski definition) is 1. The summed E-state index contributed by atoms with van der Waals surface area (Å²) in [6.07, 6.45) is 3.38. The summed E-state index contributed by atoms with van der Waals surface area (Å²) in [6, 6.07) is 0. The zero-order chi connectivity index (χ0) is 12.9. The monoisotopic (exact) mass is 239 g/mol. The first kappa shape index (κ1) is 13.5. The summed E-state index contributed by atoms with van der Waals surface area (Å²) in [5, 5.41) is 2.61. The summed E-state index contributed by atoms with van der Waals surface area (Å²) in [4.78, 5) is 19.4. The largest absolute Gasteiger partial charge is 0.348 e. The molecule has 1 heterocycles. The molecule has 1 aromatic rings. The van der Waals surface area contributed by atoms with Gasteiger partial charge in [-0.25, -0.2) is 4.98 Å². The Kier molecular flexibility index (Phi) is 4.53. The van der Waals surface area contributed by atoms with Crippen molar-refractivity contribution in [3.8, 4) is 0 Å². The minimum absolute atomic E-state index is 0.103. The van der Waals surface area contributed by atoms with Crippen LogP contribution < -0.4 is 5.32 Å². The molecule has 6 heteroatoms. The van der Waals surface area contributed by atoms with E-state index in [1.807, 2.05) is 0 Å². The van der Waals surface area contributed by atoms with Gasteiger partial charge in [0.15, 0.2) is 5.82 Å². The quantitative estimate of drug-likeness (QED) is 0.784. The maximum Gasteiger partial charge on any atom is 0.225 e. The Hall–Kier alpha value is -1.53. The molecule has 6 nitrogen and oxygen atoms in total. The van der Waals surface area contributed by atoms with Crippen molar-refractivity contribution in [2.45, 2.75) is 26.1 Å². The average Bonchev–Trinajstić information content (AvgIpc) is 2.38. The van der Waals surface area contributed by atoms with E-state index in [2.05, 4.69) is 15.3 Å². The molecule has 1 aromatic heterocycles. The zero-order valence-corrected chi connectivity index (χ0v) is 10.5. The lowest BCUT2D eigenvalue weighted by Gasteiger charge is -2.25. The number of ether oxygens (including phenoxy) is 2. The number of nitrogens with one attached hydrogen (secondary N) is 1. The van der Waals surface area contributed by atoms with Crippen molar-refractivity contribution in [1.82, 2.24) is 9.97 Å². The first-order chi connectivity index (χ1) is 8.05. The Morgan fingerprint density at radius 1 is 1.35 bits per heavy atom. The minimum Gasteiger partial charge on any atom is -0.348 e. The Labute approximate surface area is 100 Å². The summed E-state index contributed by atoms with van der Waals surface area (Å²) in [7, 11) is 3.05. The second-order valence-corrected chi connectivity index (χ2v) is 3.54. The van der Waals surface area contributed by atoms with Crippen LogP contribution in [-0.4, -0.2) is 30.1 Å². The van der Waals surface area contributed by atoms with E-state index in [1.165, 1.54) is 26.6 Å². The van der Waals surface area contributed by atoms with Crippen LogP contribution in [0.2, 0.25) is 0 Å². The summed E-state index contributed by atoms with van der Waals surface area (Å²) >= 11 is 0. The zero-order valence-electron chi connectivity index (χ0n) is 10.5. The molecule has 0 aliphatic rings. The summed E-state index contributed by atoms with van der Waals surface area (Å²) in [5.74, 6) is -0.622. The van der Waals surface area contributed by atoms with Gasteiger partial charge >= 0.3 is 0 Å². The van der Waals surface area contributed by atoms with Gasteiger partial charge in [-0.2, -0.15) is 0 Å². The molecule has 1 rings (SSSR count). The SMILES string of the molecule is CCC(=O)Nc1cnc(C(C)(OC)OC)cn1. The number of carbonyl (C=O) groups excluding carboxylic acids is 1. The van der Waals surface area contributed by atoms with Gasteiger partial charge in [0.2, 0.25) is 11.7 Å². The van der Waals surface area contributed by atoms with Crippen LogP contribution in [0.3, 0.4) is 0 Å². The van der Waals surface area contributed by atoms with E-state index < -0.39 is 5.79 Å². The Morgan fingerprint density at radius 2 is 2.00 bits per heavy atom. The molecule has 0 unspecified atom stereocenters. The number of methoxy groups -OCH3 is 2. The highest BCUT2D eigenvalue weighted by atomic mass is 16.7. The van der Waals surface area contributed by atoms with Crippen molar-refractivity contribution in [1.29, 1.82) is 0 Å². The first-order valence-electron chi connectivity index (χ1n) is 5.28. The van der Waals surface area contributed by atoms with Crippen LogP contribution in [0, 0.1) is 0 Å². The molecule has 0 aliphatic heterocycles. The van der Waals surface area contributed by atoms with Gasteiger partial charge in [0.1, 0.15) is 5.69 Å². The van der Waals surface area contributed by atoms with Gasteiger partial charge in [0, 0.05) is 20.6 Å². The lowest BCUT2D eigenvalue weighted by Crippen LogP contribution is -2.28. The molecule has 0 aromatic carbocycles. The van der Waals surface area contributed by atoms with Crippen LogP contribution in [0.25, 0.3) is 0 Å². The van der Waals surface area contributed by atoms with E-state index in [9.17, 15) is 4.79 Å². The van der Waals surface area contributed by atoms with E-state index in [1.54, 1.807) is 13.8 Å². The van der Waals surface area contributed by atoms with Gasteiger partial charge in [-0.15, -0.1) is 0 Å². The fraction of sp³-hybridized carbons (Fsp3) is 0.545. The summed E-state index contributed by atoms with van der Waals surface area (Å²) in [6.45, 7) is 3.51. The van der Waals surface area contributed by atoms with E-state index >= 15 is 0 Å². The number of hydrogen-bond acceptors (Lipinski definition) is 5. The van der Waals surface area contributed by atoms with Gasteiger partial charge in [-0.3, -0.25) is 9.78 Å². The van der Waals surface area contributed by atoms with Gasteiger partial charge in [-0.05, 0) is 6.92 Å². The highest BCUT2D eigenvalue weighted by Crippen LogP contribution is 2.22.